The number of rotatable bonds is 5. The second-order valence-electron chi connectivity index (χ2n) is 5.70. The van der Waals surface area contributed by atoms with Crippen LogP contribution in [0.15, 0.2) is 18.2 Å². The molecule has 0 radical (unpaired) electrons. The van der Waals surface area contributed by atoms with Gasteiger partial charge >= 0.3 is 5.97 Å². The normalized spacial score (nSPS) is 17.0. The lowest BCUT2D eigenvalue weighted by atomic mass is 9.92. The van der Waals surface area contributed by atoms with Crippen molar-refractivity contribution in [2.75, 3.05) is 14.2 Å². The lowest BCUT2D eigenvalue weighted by Gasteiger charge is -2.27. The molecule has 1 aliphatic carbocycles. The van der Waals surface area contributed by atoms with E-state index >= 15 is 0 Å². The van der Waals surface area contributed by atoms with Gasteiger partial charge in [-0.15, -0.1) is 0 Å². The van der Waals surface area contributed by atoms with Gasteiger partial charge in [-0.1, -0.05) is 12.1 Å². The van der Waals surface area contributed by atoms with Crippen LogP contribution in [0.4, 0.5) is 0 Å². The van der Waals surface area contributed by atoms with Gasteiger partial charge in [0.15, 0.2) is 0 Å². The highest BCUT2D eigenvalue weighted by atomic mass is 16.5. The van der Waals surface area contributed by atoms with Crippen LogP contribution in [0.25, 0.3) is 0 Å². The van der Waals surface area contributed by atoms with E-state index in [2.05, 4.69) is 0 Å². The predicted molar refractivity (Wildman–Crippen MR) is 78.5 cm³/mol. The summed E-state index contributed by atoms with van der Waals surface area (Å²) in [4.78, 5) is 25.1. The molecular weight excluding hydrogens is 270 g/mol. The average molecular weight is 291 g/mol. The molecule has 114 valence electrons. The number of hydrogen-bond donors (Lipinski definition) is 1. The molecule has 0 heterocycles. The minimum absolute atomic E-state index is 0.136. The van der Waals surface area contributed by atoms with Gasteiger partial charge in [-0.05, 0) is 43.9 Å². The summed E-state index contributed by atoms with van der Waals surface area (Å²) in [6, 6.07) is 4.92. The number of carbonyl (C=O) groups is 2. The van der Waals surface area contributed by atoms with Crippen LogP contribution >= 0.6 is 0 Å². The second kappa shape index (κ2) is 5.39. The third-order valence-electron chi connectivity index (χ3n) is 4.38. The minimum atomic E-state index is -0.997. The van der Waals surface area contributed by atoms with Crippen LogP contribution in [0.3, 0.4) is 0 Å². The summed E-state index contributed by atoms with van der Waals surface area (Å²) in [6.45, 7) is 3.47. The molecule has 0 aliphatic heterocycles. The fourth-order valence-electron chi connectivity index (χ4n) is 2.55. The molecule has 5 nitrogen and oxygen atoms in total. The summed E-state index contributed by atoms with van der Waals surface area (Å²) < 4.78 is 5.32. The molecule has 0 saturated heterocycles. The first-order valence-electron chi connectivity index (χ1n) is 6.98. The Balaban J connectivity index is 2.30. The number of benzene rings is 1. The Morgan fingerprint density at radius 3 is 2.48 bits per heavy atom. The zero-order chi connectivity index (χ0) is 15.8. The molecule has 1 N–H and O–H groups in total. The molecule has 1 fully saturated rings. The van der Waals surface area contributed by atoms with Crippen molar-refractivity contribution < 1.29 is 19.4 Å². The summed E-state index contributed by atoms with van der Waals surface area (Å²) in [5, 5.41) is 9.06. The van der Waals surface area contributed by atoms with Crippen molar-refractivity contribution in [3.8, 4) is 5.75 Å². The van der Waals surface area contributed by atoms with E-state index in [0.29, 0.717) is 0 Å². The zero-order valence-electron chi connectivity index (χ0n) is 12.8. The lowest BCUT2D eigenvalue weighted by Crippen LogP contribution is -2.45. The number of hydrogen-bond acceptors (Lipinski definition) is 3. The van der Waals surface area contributed by atoms with Crippen molar-refractivity contribution in [1.29, 1.82) is 0 Å². The quantitative estimate of drug-likeness (QED) is 0.900. The summed E-state index contributed by atoms with van der Waals surface area (Å²) >= 11 is 0. The Labute approximate surface area is 124 Å². The number of likely N-dealkylation sites (N-methyl/N-ethyl adjacent to an activating group) is 1. The molecule has 21 heavy (non-hydrogen) atoms. The molecule has 1 saturated carbocycles. The number of carboxylic acid groups (broad SMARTS) is 1. The van der Waals surface area contributed by atoms with Gasteiger partial charge in [0.25, 0.3) is 0 Å². The molecule has 2 rings (SSSR count). The Morgan fingerprint density at radius 1 is 1.38 bits per heavy atom. The maximum atomic E-state index is 12.7. The Morgan fingerprint density at radius 2 is 2.00 bits per heavy atom. The molecule has 1 aromatic rings. The van der Waals surface area contributed by atoms with E-state index in [1.807, 2.05) is 25.1 Å². The van der Waals surface area contributed by atoms with Gasteiger partial charge in [0.1, 0.15) is 11.8 Å². The van der Waals surface area contributed by atoms with E-state index in [9.17, 15) is 9.59 Å². The van der Waals surface area contributed by atoms with Crippen molar-refractivity contribution in [3.05, 3.63) is 29.3 Å². The Hall–Kier alpha value is -2.04. The number of nitrogens with zero attached hydrogens (tertiary/aromatic N) is 1. The van der Waals surface area contributed by atoms with Gasteiger partial charge in [0.05, 0.1) is 12.5 Å². The van der Waals surface area contributed by atoms with Gasteiger partial charge < -0.3 is 14.7 Å². The first-order chi connectivity index (χ1) is 9.83. The molecule has 0 spiro atoms. The molecule has 1 amide bonds. The van der Waals surface area contributed by atoms with Crippen LogP contribution in [0.5, 0.6) is 5.75 Å². The van der Waals surface area contributed by atoms with Crippen molar-refractivity contribution >= 4 is 11.9 Å². The molecule has 0 bridgehead atoms. The number of carbonyl (C=O) groups excluding carboxylic acids is 1. The van der Waals surface area contributed by atoms with Crippen LogP contribution in [-0.4, -0.2) is 42.1 Å². The maximum Gasteiger partial charge on any atom is 0.326 e. The Bertz CT molecular complexity index is 578. The Kier molecular flexibility index (Phi) is 3.94. The fourth-order valence-corrected chi connectivity index (χ4v) is 2.55. The highest BCUT2D eigenvalue weighted by Gasteiger charge is 2.53. The van der Waals surface area contributed by atoms with Gasteiger partial charge in [-0.3, -0.25) is 4.79 Å². The van der Waals surface area contributed by atoms with Gasteiger partial charge in [-0.2, -0.15) is 0 Å². The summed E-state index contributed by atoms with van der Waals surface area (Å²) in [5.74, 6) is -0.382. The number of amides is 1. The van der Waals surface area contributed by atoms with Crippen LogP contribution in [0, 0.1) is 6.92 Å². The lowest BCUT2D eigenvalue weighted by molar-refractivity contribution is -0.149. The van der Waals surface area contributed by atoms with Gasteiger partial charge in [0.2, 0.25) is 5.91 Å². The summed E-state index contributed by atoms with van der Waals surface area (Å²) in [7, 11) is 3.15. The van der Waals surface area contributed by atoms with Crippen LogP contribution < -0.4 is 4.74 Å². The van der Waals surface area contributed by atoms with Crippen molar-refractivity contribution in [2.24, 2.45) is 0 Å². The van der Waals surface area contributed by atoms with E-state index < -0.39 is 17.4 Å². The SMILES string of the molecule is COc1cc(C2(C(=O)N(C)[C@@H](C)C(=O)O)CC2)ccc1C. The highest BCUT2D eigenvalue weighted by molar-refractivity contribution is 5.93. The van der Waals surface area contributed by atoms with Gasteiger partial charge in [0, 0.05) is 7.05 Å². The largest absolute Gasteiger partial charge is 0.496 e. The minimum Gasteiger partial charge on any atom is -0.496 e. The number of ether oxygens (including phenoxy) is 1. The average Bonchev–Trinajstić information content (AvgIpc) is 3.26. The smallest absolute Gasteiger partial charge is 0.326 e. The maximum absolute atomic E-state index is 12.7. The zero-order valence-corrected chi connectivity index (χ0v) is 12.8. The van der Waals surface area contributed by atoms with Crippen molar-refractivity contribution in [3.63, 3.8) is 0 Å². The van der Waals surface area contributed by atoms with Crippen molar-refractivity contribution in [1.82, 2.24) is 4.90 Å². The van der Waals surface area contributed by atoms with E-state index in [1.54, 1.807) is 14.2 Å². The van der Waals surface area contributed by atoms with Crippen molar-refractivity contribution in [2.45, 2.75) is 38.1 Å². The van der Waals surface area contributed by atoms with Crippen LogP contribution in [0.1, 0.15) is 30.9 Å². The second-order valence-corrected chi connectivity index (χ2v) is 5.70. The predicted octanol–water partition coefficient (Wildman–Crippen LogP) is 1.97. The third kappa shape index (κ3) is 2.60. The highest BCUT2D eigenvalue weighted by Crippen LogP contribution is 2.50. The molecule has 0 unspecified atom stereocenters. The molecule has 1 aromatic carbocycles. The first-order valence-corrected chi connectivity index (χ1v) is 6.98. The van der Waals surface area contributed by atoms with E-state index in [0.717, 1.165) is 29.7 Å². The standard InChI is InChI=1S/C16H21NO4/c1-10-5-6-12(9-13(10)21-4)16(7-8-16)15(20)17(3)11(2)14(18)19/h5-6,9,11H,7-8H2,1-4H3,(H,18,19)/t11-/m0/s1. The van der Waals surface area contributed by atoms with Gasteiger partial charge in [-0.25, -0.2) is 4.79 Å². The molecule has 5 heteroatoms. The number of methoxy groups -OCH3 is 1. The number of carboxylic acids is 1. The fraction of sp³-hybridized carbons (Fsp3) is 0.500. The first kappa shape index (κ1) is 15.4. The summed E-state index contributed by atoms with van der Waals surface area (Å²) in [6.07, 6.45) is 1.49. The van der Waals surface area contributed by atoms with E-state index in [-0.39, 0.29) is 5.91 Å². The topological polar surface area (TPSA) is 66.8 Å². The number of aryl methyl sites for hydroxylation is 1. The van der Waals surface area contributed by atoms with E-state index in [1.165, 1.54) is 11.8 Å². The third-order valence-corrected chi connectivity index (χ3v) is 4.38. The summed E-state index contributed by atoms with van der Waals surface area (Å²) in [5.41, 5.74) is 1.33. The van der Waals surface area contributed by atoms with E-state index in [4.69, 9.17) is 9.84 Å². The number of aliphatic carboxylic acids is 1. The van der Waals surface area contributed by atoms with Crippen LogP contribution in [-0.2, 0) is 15.0 Å². The molecular formula is C16H21NO4. The molecule has 1 atom stereocenters. The monoisotopic (exact) mass is 291 g/mol. The molecule has 0 aromatic heterocycles. The van der Waals surface area contributed by atoms with Crippen LogP contribution in [0.2, 0.25) is 0 Å². The molecule has 1 aliphatic rings.